The predicted octanol–water partition coefficient (Wildman–Crippen LogP) is 2.73. The van der Waals surface area contributed by atoms with Crippen LogP contribution in [0.5, 0.6) is 0 Å². The molecule has 0 saturated carbocycles. The van der Waals surface area contributed by atoms with Crippen LogP contribution in [0.4, 0.5) is 5.69 Å². The van der Waals surface area contributed by atoms with Gasteiger partial charge in [0.15, 0.2) is 0 Å². The Morgan fingerprint density at radius 2 is 1.69 bits per heavy atom. The van der Waals surface area contributed by atoms with Crippen LogP contribution in [0.15, 0.2) is 55.8 Å². The van der Waals surface area contributed by atoms with Crippen molar-refractivity contribution in [2.75, 3.05) is 4.72 Å². The largest absolute Gasteiger partial charge is 0.275 e. The molecule has 2 heterocycles. The predicted molar refractivity (Wildman–Crippen MR) is 99.7 cm³/mol. The first kappa shape index (κ1) is 18.6. The highest BCUT2D eigenvalue weighted by atomic mass is 32.2. The average Bonchev–Trinajstić information content (AvgIpc) is 3.18. The van der Waals surface area contributed by atoms with E-state index in [-0.39, 0.29) is 14.0 Å². The van der Waals surface area contributed by atoms with Crippen molar-refractivity contribution in [1.82, 2.24) is 9.78 Å². The van der Waals surface area contributed by atoms with Gasteiger partial charge in [0.1, 0.15) is 4.21 Å². The minimum Gasteiger partial charge on any atom is -0.275 e. The van der Waals surface area contributed by atoms with Crippen LogP contribution >= 0.6 is 11.3 Å². The van der Waals surface area contributed by atoms with Gasteiger partial charge in [-0.2, -0.15) is 5.10 Å². The SMILES string of the molecule is Cc1nn(C)c(C)c1NS(=O)(=O)c1cc(S(=O)(=O)c2ccccc2)cs1. The number of aryl methyl sites for hydroxylation is 2. The van der Waals surface area contributed by atoms with Gasteiger partial charge in [-0.25, -0.2) is 16.8 Å². The third-order valence-corrected chi connectivity index (χ3v) is 8.61. The van der Waals surface area contributed by atoms with Crippen molar-refractivity contribution in [3.63, 3.8) is 0 Å². The molecule has 0 saturated heterocycles. The monoisotopic (exact) mass is 411 g/mol. The zero-order valence-corrected chi connectivity index (χ0v) is 16.7. The van der Waals surface area contributed by atoms with E-state index in [0.29, 0.717) is 17.1 Å². The lowest BCUT2D eigenvalue weighted by atomic mass is 10.3. The fourth-order valence-corrected chi connectivity index (χ4v) is 6.50. The second-order valence-electron chi connectivity index (χ2n) is 5.69. The molecular weight excluding hydrogens is 394 g/mol. The van der Waals surface area contributed by atoms with E-state index in [9.17, 15) is 16.8 Å². The van der Waals surface area contributed by atoms with Crippen LogP contribution in [-0.4, -0.2) is 26.6 Å². The molecule has 10 heteroatoms. The van der Waals surface area contributed by atoms with Crippen LogP contribution in [0.25, 0.3) is 0 Å². The zero-order valence-electron chi connectivity index (χ0n) is 14.3. The van der Waals surface area contributed by atoms with Crippen LogP contribution in [0.1, 0.15) is 11.4 Å². The number of anilines is 1. The number of hydrogen-bond acceptors (Lipinski definition) is 6. The highest BCUT2D eigenvalue weighted by Crippen LogP contribution is 2.30. The summed E-state index contributed by atoms with van der Waals surface area (Å²) in [7, 11) is -5.96. The second kappa shape index (κ2) is 6.53. The Kier molecular flexibility index (Phi) is 4.67. The van der Waals surface area contributed by atoms with Gasteiger partial charge in [0, 0.05) is 12.4 Å². The number of sulfonamides is 1. The molecule has 0 aliphatic carbocycles. The van der Waals surface area contributed by atoms with Gasteiger partial charge >= 0.3 is 0 Å². The third-order valence-electron chi connectivity index (χ3n) is 3.93. The van der Waals surface area contributed by atoms with E-state index in [1.54, 1.807) is 43.8 Å². The highest BCUT2D eigenvalue weighted by molar-refractivity contribution is 7.95. The second-order valence-corrected chi connectivity index (χ2v) is 10.5. The summed E-state index contributed by atoms with van der Waals surface area (Å²) in [5.41, 5.74) is 1.61. The maximum Gasteiger partial charge on any atom is 0.271 e. The van der Waals surface area contributed by atoms with Gasteiger partial charge in [0.05, 0.1) is 26.9 Å². The average molecular weight is 412 g/mol. The summed E-state index contributed by atoms with van der Waals surface area (Å²) >= 11 is 0.859. The summed E-state index contributed by atoms with van der Waals surface area (Å²) in [6.07, 6.45) is 0. The number of rotatable bonds is 5. The molecule has 3 rings (SSSR count). The minimum atomic E-state index is -3.92. The summed E-state index contributed by atoms with van der Waals surface area (Å²) in [5, 5.41) is 5.50. The van der Waals surface area contributed by atoms with Crippen molar-refractivity contribution in [1.29, 1.82) is 0 Å². The highest BCUT2D eigenvalue weighted by Gasteiger charge is 2.25. The molecule has 26 heavy (non-hydrogen) atoms. The molecule has 0 amide bonds. The third kappa shape index (κ3) is 3.27. The van der Waals surface area contributed by atoms with E-state index in [0.717, 1.165) is 11.3 Å². The molecule has 0 unspecified atom stereocenters. The molecule has 1 aromatic carbocycles. The molecule has 1 N–H and O–H groups in total. The lowest BCUT2D eigenvalue weighted by molar-refractivity contribution is 0.596. The van der Waals surface area contributed by atoms with Crippen molar-refractivity contribution in [3.8, 4) is 0 Å². The van der Waals surface area contributed by atoms with Gasteiger partial charge in [0.2, 0.25) is 9.84 Å². The normalized spacial score (nSPS) is 12.3. The first-order valence-electron chi connectivity index (χ1n) is 7.54. The molecule has 3 aromatic rings. The summed E-state index contributed by atoms with van der Waals surface area (Å²) < 4.78 is 54.6. The lowest BCUT2D eigenvalue weighted by Crippen LogP contribution is -2.13. The molecule has 0 bridgehead atoms. The van der Waals surface area contributed by atoms with E-state index in [1.165, 1.54) is 23.6 Å². The Labute approximate surface area is 156 Å². The number of nitrogens with one attached hydrogen (secondary N) is 1. The quantitative estimate of drug-likeness (QED) is 0.696. The fourth-order valence-electron chi connectivity index (χ4n) is 2.42. The van der Waals surface area contributed by atoms with Gasteiger partial charge in [-0.05, 0) is 32.0 Å². The maximum atomic E-state index is 12.7. The fraction of sp³-hybridized carbons (Fsp3) is 0.188. The van der Waals surface area contributed by atoms with Gasteiger partial charge in [0.25, 0.3) is 10.0 Å². The number of aromatic nitrogens is 2. The number of hydrogen-bond donors (Lipinski definition) is 1. The lowest BCUT2D eigenvalue weighted by Gasteiger charge is -2.06. The van der Waals surface area contributed by atoms with Crippen LogP contribution in [0.3, 0.4) is 0 Å². The molecule has 0 aliphatic rings. The van der Waals surface area contributed by atoms with Crippen molar-refractivity contribution >= 4 is 36.9 Å². The van der Waals surface area contributed by atoms with Crippen LogP contribution in [0.2, 0.25) is 0 Å². The summed E-state index contributed by atoms with van der Waals surface area (Å²) in [6.45, 7) is 3.45. The molecule has 7 nitrogen and oxygen atoms in total. The molecular formula is C16H17N3O4S3. The van der Waals surface area contributed by atoms with Crippen molar-refractivity contribution in [2.24, 2.45) is 7.05 Å². The molecule has 0 radical (unpaired) electrons. The van der Waals surface area contributed by atoms with Crippen molar-refractivity contribution in [2.45, 2.75) is 27.8 Å². The number of thiophene rings is 1. The maximum absolute atomic E-state index is 12.7. The van der Waals surface area contributed by atoms with Gasteiger partial charge in [-0.3, -0.25) is 9.40 Å². The van der Waals surface area contributed by atoms with E-state index >= 15 is 0 Å². The number of benzene rings is 1. The molecule has 0 aliphatic heterocycles. The Morgan fingerprint density at radius 1 is 1.04 bits per heavy atom. The summed E-state index contributed by atoms with van der Waals surface area (Å²) in [6, 6.07) is 9.07. The van der Waals surface area contributed by atoms with Crippen molar-refractivity contribution < 1.29 is 16.8 Å². The van der Waals surface area contributed by atoms with Gasteiger partial charge in [-0.15, -0.1) is 11.3 Å². The van der Waals surface area contributed by atoms with E-state index in [4.69, 9.17) is 0 Å². The Balaban J connectivity index is 1.96. The standard InChI is InChI=1S/C16H17N3O4S3/c1-11-16(12(2)19(3)17-11)18-26(22,23)15-9-14(10-24-15)25(20,21)13-7-5-4-6-8-13/h4-10,18H,1-3H3. The molecule has 138 valence electrons. The molecule has 0 atom stereocenters. The Bertz CT molecular complexity index is 1160. The molecule has 0 spiro atoms. The van der Waals surface area contributed by atoms with E-state index in [1.807, 2.05) is 0 Å². The topological polar surface area (TPSA) is 98.1 Å². The first-order valence-corrected chi connectivity index (χ1v) is 11.4. The number of sulfone groups is 1. The van der Waals surface area contributed by atoms with E-state index < -0.39 is 19.9 Å². The summed E-state index contributed by atoms with van der Waals surface area (Å²) in [4.78, 5) is 0.0716. The van der Waals surface area contributed by atoms with Crippen LogP contribution in [-0.2, 0) is 26.9 Å². The zero-order chi connectivity index (χ0) is 19.1. The van der Waals surface area contributed by atoms with E-state index in [2.05, 4.69) is 9.82 Å². The first-order chi connectivity index (χ1) is 12.1. The Morgan fingerprint density at radius 3 is 2.27 bits per heavy atom. The minimum absolute atomic E-state index is 0.0475. The van der Waals surface area contributed by atoms with Crippen LogP contribution in [0, 0.1) is 13.8 Å². The molecule has 0 fully saturated rings. The van der Waals surface area contributed by atoms with Gasteiger partial charge in [-0.1, -0.05) is 18.2 Å². The Hall–Kier alpha value is -2.17. The smallest absolute Gasteiger partial charge is 0.271 e. The summed E-state index contributed by atoms with van der Waals surface area (Å²) in [5.74, 6) is 0. The van der Waals surface area contributed by atoms with Gasteiger partial charge < -0.3 is 0 Å². The molecule has 2 aromatic heterocycles. The number of nitrogens with zero attached hydrogens (tertiary/aromatic N) is 2. The van der Waals surface area contributed by atoms with Crippen molar-refractivity contribution in [3.05, 3.63) is 53.2 Å². The van der Waals surface area contributed by atoms with Crippen LogP contribution < -0.4 is 4.72 Å².